The molecule has 8 nitrogen and oxygen atoms in total. The van der Waals surface area contributed by atoms with Crippen molar-refractivity contribution in [2.24, 2.45) is 0 Å². The molecule has 1 fully saturated rings. The van der Waals surface area contributed by atoms with E-state index in [2.05, 4.69) is 10.6 Å². The van der Waals surface area contributed by atoms with Crippen molar-refractivity contribution >= 4 is 23.9 Å². The molecule has 26 heavy (non-hydrogen) atoms. The van der Waals surface area contributed by atoms with Crippen molar-refractivity contribution in [1.29, 1.82) is 0 Å². The molecule has 0 radical (unpaired) electrons. The number of rotatable bonds is 8. The van der Waals surface area contributed by atoms with Crippen LogP contribution in [0.15, 0.2) is 30.3 Å². The number of unbranched alkanes of at least 4 members (excludes halogenated alkanes) is 1. The van der Waals surface area contributed by atoms with E-state index < -0.39 is 36.0 Å². The summed E-state index contributed by atoms with van der Waals surface area (Å²) in [6.45, 7) is 2.21. The fourth-order valence-corrected chi connectivity index (χ4v) is 2.38. The van der Waals surface area contributed by atoms with Gasteiger partial charge < -0.3 is 14.8 Å². The average molecular weight is 362 g/mol. The van der Waals surface area contributed by atoms with Crippen LogP contribution in [0.25, 0.3) is 0 Å². The summed E-state index contributed by atoms with van der Waals surface area (Å²) in [7, 11) is 0. The van der Waals surface area contributed by atoms with Gasteiger partial charge >= 0.3 is 12.1 Å². The minimum absolute atomic E-state index is 0.171. The molecule has 2 rings (SSSR count). The minimum Gasteiger partial charge on any atom is -0.450 e. The molecule has 1 aliphatic rings. The summed E-state index contributed by atoms with van der Waals surface area (Å²) in [5, 5.41) is 4.54. The molecule has 8 heteroatoms. The van der Waals surface area contributed by atoms with Gasteiger partial charge in [0, 0.05) is 6.42 Å². The first-order chi connectivity index (χ1) is 12.5. The van der Waals surface area contributed by atoms with Gasteiger partial charge in [-0.15, -0.1) is 0 Å². The smallest absolute Gasteiger partial charge is 0.407 e. The van der Waals surface area contributed by atoms with Crippen LogP contribution in [0.3, 0.4) is 0 Å². The van der Waals surface area contributed by atoms with Crippen LogP contribution in [0.2, 0.25) is 0 Å². The van der Waals surface area contributed by atoms with Crippen molar-refractivity contribution in [2.75, 3.05) is 6.61 Å². The Hall–Kier alpha value is -2.90. The summed E-state index contributed by atoms with van der Waals surface area (Å²) in [5.74, 6) is -1.96. The molecule has 1 saturated heterocycles. The number of esters is 1. The van der Waals surface area contributed by atoms with Gasteiger partial charge in [-0.05, 0) is 12.0 Å². The van der Waals surface area contributed by atoms with Crippen LogP contribution in [0, 0.1) is 0 Å². The zero-order chi connectivity index (χ0) is 18.9. The number of alkyl carbamates (subject to hydrolysis) is 1. The first kappa shape index (κ1) is 19.4. The maximum Gasteiger partial charge on any atom is 0.407 e. The summed E-state index contributed by atoms with van der Waals surface area (Å²) in [4.78, 5) is 47.1. The van der Waals surface area contributed by atoms with Crippen LogP contribution in [0.4, 0.5) is 4.79 Å². The summed E-state index contributed by atoms with van der Waals surface area (Å²) >= 11 is 0. The highest BCUT2D eigenvalue weighted by Gasteiger charge is 2.36. The highest BCUT2D eigenvalue weighted by molar-refractivity contribution is 6.05. The fraction of sp³-hybridized carbons (Fsp3) is 0.444. The highest BCUT2D eigenvalue weighted by Crippen LogP contribution is 2.11. The molecule has 3 amide bonds. The molecule has 1 aromatic carbocycles. The second-order valence-electron chi connectivity index (χ2n) is 5.92. The second-order valence-corrected chi connectivity index (χ2v) is 5.92. The Morgan fingerprint density at radius 1 is 1.27 bits per heavy atom. The Labute approximate surface area is 151 Å². The van der Waals surface area contributed by atoms with Gasteiger partial charge in [0.15, 0.2) is 6.10 Å². The van der Waals surface area contributed by atoms with E-state index in [0.29, 0.717) is 6.42 Å². The van der Waals surface area contributed by atoms with Crippen molar-refractivity contribution in [2.45, 2.75) is 44.8 Å². The normalized spacial score (nSPS) is 17.3. The number of nitrogens with one attached hydrogen (secondary N) is 2. The van der Waals surface area contributed by atoms with Gasteiger partial charge in [0.25, 0.3) is 5.91 Å². The lowest BCUT2D eigenvalue weighted by molar-refractivity contribution is -0.155. The predicted molar refractivity (Wildman–Crippen MR) is 91.0 cm³/mol. The third-order valence-electron chi connectivity index (χ3n) is 3.77. The molecule has 2 atom stereocenters. The maximum absolute atomic E-state index is 12.4. The van der Waals surface area contributed by atoms with E-state index in [-0.39, 0.29) is 19.4 Å². The maximum atomic E-state index is 12.4. The first-order valence-corrected chi connectivity index (χ1v) is 8.51. The molecule has 0 aromatic heterocycles. The standard InChI is InChI=1S/C18H22N2O6/c1-2-3-9-25-18(24)19-13(10-12-7-5-4-6-8-12)17(23)26-14-11-15(21)20-16(14)22/h4-8,13-14H,2-3,9-11H2,1H3,(H,19,24)(H,20,21,22)/t13-,14?/m1/s1. The van der Waals surface area contributed by atoms with Crippen LogP contribution in [0.5, 0.6) is 0 Å². The summed E-state index contributed by atoms with van der Waals surface area (Å²) < 4.78 is 10.1. The molecule has 1 aliphatic heterocycles. The lowest BCUT2D eigenvalue weighted by Crippen LogP contribution is -2.45. The Morgan fingerprint density at radius 3 is 2.62 bits per heavy atom. The molecule has 1 unspecified atom stereocenters. The van der Waals surface area contributed by atoms with E-state index >= 15 is 0 Å². The number of benzene rings is 1. The lowest BCUT2D eigenvalue weighted by atomic mass is 10.1. The molecule has 0 saturated carbocycles. The summed E-state index contributed by atoms with van der Waals surface area (Å²) in [6, 6.07) is 8.01. The van der Waals surface area contributed by atoms with Crippen molar-refractivity contribution < 1.29 is 28.7 Å². The van der Waals surface area contributed by atoms with Crippen molar-refractivity contribution in [3.8, 4) is 0 Å². The SMILES string of the molecule is CCCCOC(=O)N[C@H](Cc1ccccc1)C(=O)OC1CC(=O)NC1=O. The molecule has 140 valence electrons. The van der Waals surface area contributed by atoms with Crippen LogP contribution in [0.1, 0.15) is 31.7 Å². The number of ether oxygens (including phenoxy) is 2. The molecule has 1 heterocycles. The van der Waals surface area contributed by atoms with E-state index in [0.717, 1.165) is 12.0 Å². The Balaban J connectivity index is 2.01. The first-order valence-electron chi connectivity index (χ1n) is 8.51. The fourth-order valence-electron chi connectivity index (χ4n) is 2.38. The van der Waals surface area contributed by atoms with E-state index in [1.807, 2.05) is 13.0 Å². The number of carbonyl (C=O) groups excluding carboxylic acids is 4. The molecular weight excluding hydrogens is 340 g/mol. The van der Waals surface area contributed by atoms with Gasteiger partial charge in [0.2, 0.25) is 5.91 Å². The number of carbonyl (C=O) groups is 4. The van der Waals surface area contributed by atoms with E-state index in [1.165, 1.54) is 0 Å². The van der Waals surface area contributed by atoms with Crippen molar-refractivity contribution in [3.63, 3.8) is 0 Å². The van der Waals surface area contributed by atoms with Gasteiger partial charge in [0.05, 0.1) is 13.0 Å². The molecule has 1 aromatic rings. The van der Waals surface area contributed by atoms with Crippen molar-refractivity contribution in [3.05, 3.63) is 35.9 Å². The van der Waals surface area contributed by atoms with Gasteiger partial charge in [-0.3, -0.25) is 14.9 Å². The monoisotopic (exact) mass is 362 g/mol. The average Bonchev–Trinajstić information content (AvgIpc) is 2.92. The second kappa shape index (κ2) is 9.55. The number of hydrogen-bond acceptors (Lipinski definition) is 6. The van der Waals surface area contributed by atoms with Crippen LogP contribution >= 0.6 is 0 Å². The lowest BCUT2D eigenvalue weighted by Gasteiger charge is -2.19. The zero-order valence-electron chi connectivity index (χ0n) is 14.5. The number of hydrogen-bond donors (Lipinski definition) is 2. The predicted octanol–water partition coefficient (Wildman–Crippen LogP) is 1.08. The molecule has 0 aliphatic carbocycles. The molecule has 2 N–H and O–H groups in total. The van der Waals surface area contributed by atoms with E-state index in [9.17, 15) is 19.2 Å². The van der Waals surface area contributed by atoms with Crippen LogP contribution in [-0.2, 0) is 30.3 Å². The Kier molecular flexibility index (Phi) is 7.13. The van der Waals surface area contributed by atoms with Gasteiger partial charge in [-0.1, -0.05) is 43.7 Å². The quantitative estimate of drug-likeness (QED) is 0.407. The van der Waals surface area contributed by atoms with E-state index in [4.69, 9.17) is 9.47 Å². The largest absolute Gasteiger partial charge is 0.450 e. The molecule has 0 bridgehead atoms. The topological polar surface area (TPSA) is 111 Å². The van der Waals surface area contributed by atoms with Gasteiger partial charge in [-0.25, -0.2) is 9.59 Å². The highest BCUT2D eigenvalue weighted by atomic mass is 16.6. The third-order valence-corrected chi connectivity index (χ3v) is 3.77. The van der Waals surface area contributed by atoms with E-state index in [1.54, 1.807) is 24.3 Å². The van der Waals surface area contributed by atoms with Crippen LogP contribution in [-0.4, -0.2) is 42.6 Å². The van der Waals surface area contributed by atoms with Gasteiger partial charge in [0.1, 0.15) is 6.04 Å². The Morgan fingerprint density at radius 2 is 2.00 bits per heavy atom. The minimum atomic E-state index is -1.17. The number of amides is 3. The molecular formula is C18H22N2O6. The number of imide groups is 1. The van der Waals surface area contributed by atoms with Crippen molar-refractivity contribution in [1.82, 2.24) is 10.6 Å². The zero-order valence-corrected chi connectivity index (χ0v) is 14.5. The van der Waals surface area contributed by atoms with Gasteiger partial charge in [-0.2, -0.15) is 0 Å². The summed E-state index contributed by atoms with van der Waals surface area (Å²) in [6.07, 6.45) is -0.373. The third kappa shape index (κ3) is 5.87. The van der Waals surface area contributed by atoms with Crippen LogP contribution < -0.4 is 10.6 Å². The molecule has 0 spiro atoms. The summed E-state index contributed by atoms with van der Waals surface area (Å²) in [5.41, 5.74) is 0.801. The Bertz CT molecular complexity index is 661.